The van der Waals surface area contributed by atoms with Crippen LogP contribution in [0.4, 0.5) is 14.5 Å². The second-order valence-corrected chi connectivity index (χ2v) is 9.46. The number of sulfonamides is 1. The summed E-state index contributed by atoms with van der Waals surface area (Å²) in [4.78, 5) is 14.8. The molecule has 3 aliphatic rings. The van der Waals surface area contributed by atoms with Crippen LogP contribution < -0.4 is 14.8 Å². The van der Waals surface area contributed by atoms with Crippen molar-refractivity contribution in [3.05, 3.63) is 54.1 Å². The molecule has 2 bridgehead atoms. The molecule has 0 aliphatic carbocycles. The molecule has 3 fully saturated rings. The third-order valence-electron chi connectivity index (χ3n) is 5.71. The molecule has 0 aromatic heterocycles. The van der Waals surface area contributed by atoms with Crippen molar-refractivity contribution in [2.75, 3.05) is 25.0 Å². The molecule has 1 amide bonds. The van der Waals surface area contributed by atoms with E-state index in [9.17, 15) is 22.0 Å². The Morgan fingerprint density at radius 3 is 2.42 bits per heavy atom. The van der Waals surface area contributed by atoms with Crippen LogP contribution in [0.3, 0.4) is 0 Å². The van der Waals surface area contributed by atoms with Crippen LogP contribution in [0, 0.1) is 5.92 Å². The van der Waals surface area contributed by atoms with Gasteiger partial charge >= 0.3 is 6.61 Å². The number of rotatable bonds is 7. The smallest absolute Gasteiger partial charge is 0.387 e. The molecule has 5 rings (SSSR count). The predicted molar refractivity (Wildman–Crippen MR) is 111 cm³/mol. The SMILES string of the molecule is O=C(Nc1cccc(S(=O)(=O)N[C@@H]2CN3CCC2CC3)c1)c1ccc(OC(F)F)cc1. The number of carbonyl (C=O) groups excluding carboxylic acids is 1. The van der Waals surface area contributed by atoms with Crippen LogP contribution in [-0.4, -0.2) is 51.5 Å². The van der Waals surface area contributed by atoms with Crippen molar-refractivity contribution in [1.29, 1.82) is 0 Å². The molecule has 166 valence electrons. The van der Waals surface area contributed by atoms with Crippen molar-refractivity contribution in [2.24, 2.45) is 5.92 Å². The minimum atomic E-state index is -3.74. The van der Waals surface area contributed by atoms with Gasteiger partial charge in [-0.25, -0.2) is 13.1 Å². The summed E-state index contributed by atoms with van der Waals surface area (Å²) in [6, 6.07) is 11.1. The molecule has 2 N–H and O–H groups in total. The quantitative estimate of drug-likeness (QED) is 0.676. The summed E-state index contributed by atoms with van der Waals surface area (Å²) < 4.78 is 57.3. The van der Waals surface area contributed by atoms with Crippen LogP contribution >= 0.6 is 0 Å². The average molecular weight is 451 g/mol. The molecule has 3 saturated heterocycles. The van der Waals surface area contributed by atoms with Crippen LogP contribution in [0.5, 0.6) is 5.75 Å². The number of nitrogens with zero attached hydrogens (tertiary/aromatic N) is 1. The minimum Gasteiger partial charge on any atom is -0.435 e. The van der Waals surface area contributed by atoms with Gasteiger partial charge in [0.25, 0.3) is 5.91 Å². The zero-order chi connectivity index (χ0) is 22.0. The zero-order valence-electron chi connectivity index (χ0n) is 16.6. The normalized spacial score (nSPS) is 23.0. The molecule has 0 spiro atoms. The number of alkyl halides is 2. The second kappa shape index (κ2) is 8.89. The highest BCUT2D eigenvalue weighted by Crippen LogP contribution is 2.29. The van der Waals surface area contributed by atoms with Gasteiger partial charge in [-0.2, -0.15) is 8.78 Å². The lowest BCUT2D eigenvalue weighted by Crippen LogP contribution is -2.57. The third-order valence-corrected chi connectivity index (χ3v) is 7.19. The van der Waals surface area contributed by atoms with Crippen LogP contribution in [0.2, 0.25) is 0 Å². The lowest BCUT2D eigenvalue weighted by Gasteiger charge is -2.44. The molecular formula is C21H23F2N3O4S. The van der Waals surface area contributed by atoms with E-state index in [1.807, 2.05) is 0 Å². The maximum Gasteiger partial charge on any atom is 0.387 e. The van der Waals surface area contributed by atoms with Crippen molar-refractivity contribution in [3.63, 3.8) is 0 Å². The highest BCUT2D eigenvalue weighted by atomic mass is 32.2. The fourth-order valence-electron chi connectivity index (χ4n) is 4.10. The monoisotopic (exact) mass is 451 g/mol. The maximum absolute atomic E-state index is 12.9. The van der Waals surface area contributed by atoms with Gasteiger partial charge in [0, 0.05) is 23.8 Å². The first-order valence-electron chi connectivity index (χ1n) is 10.0. The third kappa shape index (κ3) is 5.20. The number of benzene rings is 2. The van der Waals surface area contributed by atoms with Gasteiger partial charge in [0.1, 0.15) is 5.75 Å². The lowest BCUT2D eigenvalue weighted by atomic mass is 9.85. The molecule has 10 heteroatoms. The summed E-state index contributed by atoms with van der Waals surface area (Å²) in [5, 5.41) is 2.63. The number of anilines is 1. The summed E-state index contributed by atoms with van der Waals surface area (Å²) in [7, 11) is -3.74. The summed E-state index contributed by atoms with van der Waals surface area (Å²) in [5.74, 6) is -0.207. The van der Waals surface area contributed by atoms with Crippen molar-refractivity contribution >= 4 is 21.6 Å². The zero-order valence-corrected chi connectivity index (χ0v) is 17.4. The molecule has 3 aliphatic heterocycles. The fourth-order valence-corrected chi connectivity index (χ4v) is 5.44. The van der Waals surface area contributed by atoms with Gasteiger partial charge in [-0.3, -0.25) is 4.79 Å². The Kier molecular flexibility index (Phi) is 6.22. The molecule has 3 heterocycles. The van der Waals surface area contributed by atoms with Crippen LogP contribution in [0.15, 0.2) is 53.4 Å². The molecule has 31 heavy (non-hydrogen) atoms. The number of halogens is 2. The summed E-state index contributed by atoms with van der Waals surface area (Å²) in [6.45, 7) is -0.204. The largest absolute Gasteiger partial charge is 0.435 e. The van der Waals surface area contributed by atoms with Gasteiger partial charge < -0.3 is 15.0 Å². The summed E-state index contributed by atoms with van der Waals surface area (Å²) >= 11 is 0. The Hall–Kier alpha value is -2.56. The number of carbonyl (C=O) groups is 1. The first kappa shape index (κ1) is 21.7. The Balaban J connectivity index is 1.43. The first-order valence-corrected chi connectivity index (χ1v) is 11.5. The topological polar surface area (TPSA) is 87.7 Å². The molecule has 2 aromatic rings. The Morgan fingerprint density at radius 2 is 1.81 bits per heavy atom. The number of fused-ring (bicyclic) bond motifs is 3. The van der Waals surface area contributed by atoms with Gasteiger partial charge in [0.2, 0.25) is 10.0 Å². The van der Waals surface area contributed by atoms with E-state index in [0.29, 0.717) is 18.2 Å². The Morgan fingerprint density at radius 1 is 1.10 bits per heavy atom. The molecule has 2 aromatic carbocycles. The number of amides is 1. The number of ether oxygens (including phenoxy) is 1. The highest BCUT2D eigenvalue weighted by Gasteiger charge is 2.36. The average Bonchev–Trinajstić information content (AvgIpc) is 2.74. The van der Waals surface area contributed by atoms with Crippen LogP contribution in [0.25, 0.3) is 0 Å². The maximum atomic E-state index is 12.9. The minimum absolute atomic E-state index is 0.0570. The van der Waals surface area contributed by atoms with E-state index in [1.54, 1.807) is 12.1 Å². The van der Waals surface area contributed by atoms with Gasteiger partial charge in [-0.1, -0.05) is 6.07 Å². The highest BCUT2D eigenvalue weighted by molar-refractivity contribution is 7.89. The van der Waals surface area contributed by atoms with E-state index in [2.05, 4.69) is 19.7 Å². The first-order chi connectivity index (χ1) is 14.8. The number of nitrogens with one attached hydrogen (secondary N) is 2. The molecule has 0 unspecified atom stereocenters. The van der Waals surface area contributed by atoms with Crippen LogP contribution in [-0.2, 0) is 10.0 Å². The fraction of sp³-hybridized carbons (Fsp3) is 0.381. The summed E-state index contributed by atoms with van der Waals surface area (Å²) in [5.41, 5.74) is 0.537. The number of hydrogen-bond donors (Lipinski definition) is 2. The summed E-state index contributed by atoms with van der Waals surface area (Å²) in [6.07, 6.45) is 1.98. The van der Waals surface area contributed by atoms with Crippen LogP contribution in [0.1, 0.15) is 23.2 Å². The number of piperidine rings is 3. The number of hydrogen-bond acceptors (Lipinski definition) is 5. The van der Waals surface area contributed by atoms with E-state index in [0.717, 1.165) is 25.9 Å². The van der Waals surface area contributed by atoms with E-state index in [-0.39, 0.29) is 22.3 Å². The van der Waals surface area contributed by atoms with Crippen molar-refractivity contribution in [1.82, 2.24) is 9.62 Å². The van der Waals surface area contributed by atoms with Gasteiger partial charge in [-0.15, -0.1) is 0 Å². The lowest BCUT2D eigenvalue weighted by molar-refractivity contribution is -0.0498. The Bertz CT molecular complexity index is 1040. The predicted octanol–water partition coefficient (Wildman–Crippen LogP) is 2.91. The van der Waals surface area contributed by atoms with E-state index >= 15 is 0 Å². The molecule has 7 nitrogen and oxygen atoms in total. The van der Waals surface area contributed by atoms with E-state index in [4.69, 9.17) is 0 Å². The Labute approximate surface area is 179 Å². The second-order valence-electron chi connectivity index (χ2n) is 7.75. The van der Waals surface area contributed by atoms with Gasteiger partial charge in [0.15, 0.2) is 0 Å². The van der Waals surface area contributed by atoms with E-state index in [1.165, 1.54) is 36.4 Å². The van der Waals surface area contributed by atoms with E-state index < -0.39 is 22.5 Å². The standard InChI is InChI=1S/C21H23F2N3O4S/c22-21(23)30-17-6-4-15(5-7-17)20(27)24-16-2-1-3-18(12-16)31(28,29)25-19-13-26-10-8-14(19)9-11-26/h1-7,12,14,19,21,25H,8-11,13H2,(H,24,27)/t19-/m1/s1. The van der Waals surface area contributed by atoms with Gasteiger partial charge in [0.05, 0.1) is 4.90 Å². The van der Waals surface area contributed by atoms with Gasteiger partial charge in [-0.05, 0) is 74.3 Å². The van der Waals surface area contributed by atoms with Crippen molar-refractivity contribution in [3.8, 4) is 5.75 Å². The molecule has 1 atom stereocenters. The molecular weight excluding hydrogens is 428 g/mol. The van der Waals surface area contributed by atoms with Crippen molar-refractivity contribution < 1.29 is 26.7 Å². The van der Waals surface area contributed by atoms with Crippen molar-refractivity contribution in [2.45, 2.75) is 30.4 Å². The molecule has 0 saturated carbocycles. The molecule has 0 radical (unpaired) electrons.